The van der Waals surface area contributed by atoms with E-state index in [4.69, 9.17) is 9.47 Å². The van der Waals surface area contributed by atoms with Gasteiger partial charge in [0.25, 0.3) is 0 Å². The molecule has 2 aliphatic rings. The van der Waals surface area contributed by atoms with Gasteiger partial charge in [-0.3, -0.25) is 4.79 Å². The van der Waals surface area contributed by atoms with Crippen LogP contribution in [-0.2, 0) is 32.6 Å². The number of rotatable bonds is 4. The Morgan fingerprint density at radius 1 is 1.24 bits per heavy atom. The van der Waals surface area contributed by atoms with Gasteiger partial charge in [-0.2, -0.15) is 0 Å². The molecule has 138 valence electrons. The molecule has 0 N–H and O–H groups in total. The quantitative estimate of drug-likeness (QED) is 0.839. The van der Waals surface area contributed by atoms with Gasteiger partial charge in [0.05, 0.1) is 19.1 Å². The van der Waals surface area contributed by atoms with Crippen LogP contribution < -0.4 is 0 Å². The first-order valence-corrected chi connectivity index (χ1v) is 9.53. The van der Waals surface area contributed by atoms with Gasteiger partial charge in [-0.05, 0) is 41.4 Å². The number of nitrogens with zero attached hydrogens (tertiary/aromatic N) is 1. The number of ether oxygens (including phenoxy) is 2. The van der Waals surface area contributed by atoms with E-state index in [1.54, 1.807) is 0 Å². The Morgan fingerprint density at radius 3 is 2.72 bits per heavy atom. The summed E-state index contributed by atoms with van der Waals surface area (Å²) in [6.07, 6.45) is 3.58. The van der Waals surface area contributed by atoms with Crippen LogP contribution in [0.15, 0.2) is 18.2 Å². The fourth-order valence-corrected chi connectivity index (χ4v) is 3.55. The van der Waals surface area contributed by atoms with Gasteiger partial charge in [0.15, 0.2) is 0 Å². The number of carbonyl (C=O) groups excluding carboxylic acids is 1. The van der Waals surface area contributed by atoms with Gasteiger partial charge in [-0.1, -0.05) is 39.0 Å². The molecular formula is C21H31NO3. The number of hydrogen-bond acceptors (Lipinski definition) is 3. The molecule has 0 unspecified atom stereocenters. The topological polar surface area (TPSA) is 38.8 Å². The molecule has 1 fully saturated rings. The van der Waals surface area contributed by atoms with Crippen LogP contribution in [0.5, 0.6) is 0 Å². The number of benzene rings is 1. The van der Waals surface area contributed by atoms with Crippen molar-refractivity contribution in [3.63, 3.8) is 0 Å². The van der Waals surface area contributed by atoms with Crippen LogP contribution in [0, 0.1) is 0 Å². The Hall–Kier alpha value is -1.39. The molecule has 0 radical (unpaired) electrons. The second-order valence-corrected chi connectivity index (χ2v) is 8.23. The van der Waals surface area contributed by atoms with E-state index in [2.05, 4.69) is 39.0 Å². The van der Waals surface area contributed by atoms with Gasteiger partial charge in [-0.25, -0.2) is 0 Å². The van der Waals surface area contributed by atoms with Crippen molar-refractivity contribution in [3.8, 4) is 0 Å². The van der Waals surface area contributed by atoms with Crippen LogP contribution in [0.25, 0.3) is 0 Å². The lowest BCUT2D eigenvalue weighted by Gasteiger charge is -2.31. The van der Waals surface area contributed by atoms with E-state index in [0.717, 1.165) is 45.6 Å². The van der Waals surface area contributed by atoms with E-state index < -0.39 is 0 Å². The van der Waals surface area contributed by atoms with Crippen molar-refractivity contribution in [1.29, 1.82) is 0 Å². The molecule has 0 bridgehead atoms. The smallest absolute Gasteiger partial charge is 0.225 e. The van der Waals surface area contributed by atoms with Crippen molar-refractivity contribution < 1.29 is 14.3 Å². The highest BCUT2D eigenvalue weighted by atomic mass is 16.5. The van der Waals surface area contributed by atoms with Crippen LogP contribution in [0.1, 0.15) is 56.7 Å². The Labute approximate surface area is 151 Å². The minimum atomic E-state index is 0.138. The van der Waals surface area contributed by atoms with E-state index in [0.29, 0.717) is 13.0 Å². The first-order chi connectivity index (χ1) is 11.9. The molecule has 1 saturated heterocycles. The highest BCUT2D eigenvalue weighted by Gasteiger charge is 2.23. The summed E-state index contributed by atoms with van der Waals surface area (Å²) in [6.45, 7) is 10.3. The molecule has 0 saturated carbocycles. The van der Waals surface area contributed by atoms with E-state index in [9.17, 15) is 4.79 Å². The van der Waals surface area contributed by atoms with Crippen molar-refractivity contribution in [1.82, 2.24) is 4.90 Å². The minimum Gasteiger partial charge on any atom is -0.381 e. The van der Waals surface area contributed by atoms with E-state index >= 15 is 0 Å². The average molecular weight is 345 g/mol. The number of carbonyl (C=O) groups is 1. The average Bonchev–Trinajstić information content (AvgIpc) is 2.61. The summed E-state index contributed by atoms with van der Waals surface area (Å²) in [6, 6.07) is 6.76. The Bertz CT molecular complexity index is 600. The molecule has 2 heterocycles. The van der Waals surface area contributed by atoms with Crippen molar-refractivity contribution in [2.45, 2.75) is 64.5 Å². The SMILES string of the molecule is CC(C)(C)c1ccc2c(c1)CN(C(=O)CCOC1CCOCC1)CC2. The number of fused-ring (bicyclic) bond motifs is 1. The largest absolute Gasteiger partial charge is 0.381 e. The fraction of sp³-hybridized carbons (Fsp3) is 0.667. The lowest BCUT2D eigenvalue weighted by molar-refractivity contribution is -0.134. The second-order valence-electron chi connectivity index (χ2n) is 8.23. The lowest BCUT2D eigenvalue weighted by Crippen LogP contribution is -2.37. The van der Waals surface area contributed by atoms with Gasteiger partial charge in [0.2, 0.25) is 5.91 Å². The standard InChI is InChI=1S/C21H31NO3/c1-21(2,3)18-5-4-16-6-10-22(15-17(16)14-18)20(23)9-13-25-19-7-11-24-12-8-19/h4-5,14,19H,6-13,15H2,1-3H3. The lowest BCUT2D eigenvalue weighted by atomic mass is 9.84. The monoisotopic (exact) mass is 345 g/mol. The molecule has 0 aliphatic carbocycles. The molecule has 2 aliphatic heterocycles. The van der Waals surface area contributed by atoms with Gasteiger partial charge in [0.1, 0.15) is 0 Å². The molecule has 25 heavy (non-hydrogen) atoms. The van der Waals surface area contributed by atoms with Crippen LogP contribution in [0.3, 0.4) is 0 Å². The zero-order valence-electron chi connectivity index (χ0n) is 15.8. The summed E-state index contributed by atoms with van der Waals surface area (Å²) >= 11 is 0. The summed E-state index contributed by atoms with van der Waals surface area (Å²) in [4.78, 5) is 14.5. The van der Waals surface area contributed by atoms with Crippen LogP contribution in [0.4, 0.5) is 0 Å². The van der Waals surface area contributed by atoms with Gasteiger partial charge >= 0.3 is 0 Å². The minimum absolute atomic E-state index is 0.138. The maximum atomic E-state index is 12.6. The second kappa shape index (κ2) is 7.88. The Balaban J connectivity index is 1.53. The summed E-state index contributed by atoms with van der Waals surface area (Å²) in [5.74, 6) is 0.207. The summed E-state index contributed by atoms with van der Waals surface area (Å²) < 4.78 is 11.2. The molecule has 1 amide bonds. The molecule has 1 aromatic rings. The Kier molecular flexibility index (Phi) is 5.80. The first-order valence-electron chi connectivity index (χ1n) is 9.53. The molecule has 4 nitrogen and oxygen atoms in total. The molecule has 0 spiro atoms. The highest BCUT2D eigenvalue weighted by Crippen LogP contribution is 2.27. The normalized spacial score (nSPS) is 18.9. The van der Waals surface area contributed by atoms with Gasteiger partial charge in [-0.15, -0.1) is 0 Å². The van der Waals surface area contributed by atoms with Crippen molar-refractivity contribution in [3.05, 3.63) is 34.9 Å². The maximum absolute atomic E-state index is 12.6. The molecular weight excluding hydrogens is 314 g/mol. The van der Waals surface area contributed by atoms with Gasteiger partial charge < -0.3 is 14.4 Å². The van der Waals surface area contributed by atoms with Crippen LogP contribution >= 0.6 is 0 Å². The zero-order valence-corrected chi connectivity index (χ0v) is 15.8. The van der Waals surface area contributed by atoms with Crippen LogP contribution in [-0.4, -0.2) is 43.3 Å². The molecule has 0 aromatic heterocycles. The molecule has 1 aromatic carbocycles. The predicted octanol–water partition coefficient (Wildman–Crippen LogP) is 3.45. The van der Waals surface area contributed by atoms with E-state index in [1.807, 2.05) is 4.90 Å². The third kappa shape index (κ3) is 4.83. The van der Waals surface area contributed by atoms with Crippen LogP contribution in [0.2, 0.25) is 0 Å². The predicted molar refractivity (Wildman–Crippen MR) is 98.7 cm³/mol. The number of hydrogen-bond donors (Lipinski definition) is 0. The summed E-state index contributed by atoms with van der Waals surface area (Å²) in [5.41, 5.74) is 4.16. The van der Waals surface area contributed by atoms with Crippen molar-refractivity contribution in [2.24, 2.45) is 0 Å². The van der Waals surface area contributed by atoms with E-state index in [-0.39, 0.29) is 17.4 Å². The molecule has 4 heteroatoms. The molecule has 0 atom stereocenters. The third-order valence-corrected chi connectivity index (χ3v) is 5.28. The van der Waals surface area contributed by atoms with Gasteiger partial charge in [0, 0.05) is 26.3 Å². The first kappa shape index (κ1) is 18.4. The summed E-state index contributed by atoms with van der Waals surface area (Å²) in [5, 5.41) is 0. The molecule has 3 rings (SSSR count). The van der Waals surface area contributed by atoms with Crippen molar-refractivity contribution >= 4 is 5.91 Å². The third-order valence-electron chi connectivity index (χ3n) is 5.28. The number of amides is 1. The zero-order chi connectivity index (χ0) is 17.9. The summed E-state index contributed by atoms with van der Waals surface area (Å²) in [7, 11) is 0. The van der Waals surface area contributed by atoms with E-state index in [1.165, 1.54) is 16.7 Å². The fourth-order valence-electron chi connectivity index (χ4n) is 3.55. The highest BCUT2D eigenvalue weighted by molar-refractivity contribution is 5.76. The van der Waals surface area contributed by atoms with Crippen molar-refractivity contribution in [2.75, 3.05) is 26.4 Å². The Morgan fingerprint density at radius 2 is 2.00 bits per heavy atom. The maximum Gasteiger partial charge on any atom is 0.225 e.